The summed E-state index contributed by atoms with van der Waals surface area (Å²) in [5.74, 6) is -0.464. The molecular weight excluding hydrogens is 376 g/mol. The van der Waals surface area contributed by atoms with Gasteiger partial charge in [-0.05, 0) is 42.5 Å². The van der Waals surface area contributed by atoms with Crippen LogP contribution in [-0.2, 0) is 14.6 Å². The van der Waals surface area contributed by atoms with Gasteiger partial charge < -0.3 is 4.74 Å². The predicted molar refractivity (Wildman–Crippen MR) is 98.4 cm³/mol. The van der Waals surface area contributed by atoms with E-state index in [1.165, 1.54) is 54.7 Å². The summed E-state index contributed by atoms with van der Waals surface area (Å²) in [6.45, 7) is 1.29. The van der Waals surface area contributed by atoms with E-state index in [2.05, 4.69) is 10.3 Å². The van der Waals surface area contributed by atoms with Gasteiger partial charge in [-0.1, -0.05) is 11.3 Å². The number of carbonyl (C=O) groups is 2. The molecule has 0 radical (unpaired) electrons. The molecule has 2 aromatic carbocycles. The molecule has 1 aromatic heterocycles. The van der Waals surface area contributed by atoms with Gasteiger partial charge in [-0.15, -0.1) is 0 Å². The average molecular weight is 390 g/mol. The first kappa shape index (κ1) is 18.0. The molecule has 134 valence electrons. The molecule has 0 bridgehead atoms. The number of esters is 1. The summed E-state index contributed by atoms with van der Waals surface area (Å²) in [6.07, 6.45) is 1.14. The van der Waals surface area contributed by atoms with E-state index in [0.29, 0.717) is 26.7 Å². The van der Waals surface area contributed by atoms with Gasteiger partial charge in [-0.3, -0.25) is 14.9 Å². The minimum absolute atomic E-state index is 0.201. The topological polar surface area (TPSA) is 102 Å². The molecular formula is C17H14N2O5S2. The van der Waals surface area contributed by atoms with Crippen molar-refractivity contribution in [3.63, 3.8) is 0 Å². The zero-order valence-electron chi connectivity index (χ0n) is 13.8. The molecule has 3 rings (SSSR count). The van der Waals surface area contributed by atoms with Crippen molar-refractivity contribution in [1.29, 1.82) is 0 Å². The Kier molecular flexibility index (Phi) is 4.75. The molecule has 3 aromatic rings. The summed E-state index contributed by atoms with van der Waals surface area (Å²) >= 11 is 1.19. The van der Waals surface area contributed by atoms with Crippen molar-refractivity contribution in [1.82, 2.24) is 4.98 Å². The molecule has 0 aliphatic carbocycles. The van der Waals surface area contributed by atoms with Crippen LogP contribution in [-0.4, -0.2) is 31.5 Å². The zero-order valence-corrected chi connectivity index (χ0v) is 15.5. The summed E-state index contributed by atoms with van der Waals surface area (Å²) in [7, 11) is -3.31. The lowest BCUT2D eigenvalue weighted by Gasteiger charge is -2.03. The van der Waals surface area contributed by atoms with E-state index in [-0.39, 0.29) is 10.8 Å². The third-order valence-electron chi connectivity index (χ3n) is 3.39. The smallest absolute Gasteiger partial charge is 0.308 e. The highest BCUT2D eigenvalue weighted by Crippen LogP contribution is 2.28. The van der Waals surface area contributed by atoms with Gasteiger partial charge in [0, 0.05) is 18.7 Å². The van der Waals surface area contributed by atoms with Crippen LogP contribution in [0.2, 0.25) is 0 Å². The van der Waals surface area contributed by atoms with Crippen LogP contribution in [0.3, 0.4) is 0 Å². The number of aromatic nitrogens is 1. The first-order valence-corrected chi connectivity index (χ1v) is 10.1. The average Bonchev–Trinajstić information content (AvgIpc) is 2.95. The number of thiazole rings is 1. The van der Waals surface area contributed by atoms with Crippen molar-refractivity contribution in [2.75, 3.05) is 11.6 Å². The van der Waals surface area contributed by atoms with Gasteiger partial charge in [0.25, 0.3) is 5.91 Å². The minimum Gasteiger partial charge on any atom is -0.427 e. The Morgan fingerprint density at radius 2 is 1.81 bits per heavy atom. The molecule has 0 aliphatic heterocycles. The van der Waals surface area contributed by atoms with Crippen LogP contribution in [0.5, 0.6) is 5.75 Å². The maximum Gasteiger partial charge on any atom is 0.308 e. The number of hydrogen-bond donors (Lipinski definition) is 1. The molecule has 0 unspecified atom stereocenters. The van der Waals surface area contributed by atoms with E-state index in [9.17, 15) is 18.0 Å². The molecule has 0 aliphatic rings. The lowest BCUT2D eigenvalue weighted by atomic mass is 10.2. The number of amides is 1. The molecule has 0 fully saturated rings. The van der Waals surface area contributed by atoms with Crippen LogP contribution in [0, 0.1) is 0 Å². The number of rotatable bonds is 4. The minimum atomic E-state index is -3.31. The number of nitrogens with one attached hydrogen (secondary N) is 1. The van der Waals surface area contributed by atoms with E-state index in [0.717, 1.165) is 6.26 Å². The molecule has 1 amide bonds. The molecule has 0 saturated carbocycles. The van der Waals surface area contributed by atoms with Gasteiger partial charge in [0.2, 0.25) is 0 Å². The summed E-state index contributed by atoms with van der Waals surface area (Å²) in [4.78, 5) is 27.7. The SMILES string of the molecule is CC(=O)Oc1ccc(C(=O)Nc2nc3ccc(S(C)(=O)=O)cc3s2)cc1. The van der Waals surface area contributed by atoms with Crippen LogP contribution in [0.15, 0.2) is 47.4 Å². The molecule has 1 heterocycles. The highest BCUT2D eigenvalue weighted by atomic mass is 32.2. The highest BCUT2D eigenvalue weighted by Gasteiger charge is 2.13. The van der Waals surface area contributed by atoms with Gasteiger partial charge >= 0.3 is 5.97 Å². The Labute approximate surface area is 153 Å². The number of sulfone groups is 1. The first-order valence-electron chi connectivity index (χ1n) is 7.43. The predicted octanol–water partition coefficient (Wildman–Crippen LogP) is 2.88. The summed E-state index contributed by atoms with van der Waals surface area (Å²) < 4.78 is 28.8. The molecule has 0 spiro atoms. The fourth-order valence-corrected chi connectivity index (χ4v) is 3.82. The number of carbonyl (C=O) groups excluding carboxylic acids is 2. The fourth-order valence-electron chi connectivity index (χ4n) is 2.20. The lowest BCUT2D eigenvalue weighted by molar-refractivity contribution is -0.131. The standard InChI is InChI=1S/C17H14N2O5S2/c1-10(20)24-12-5-3-11(4-6-12)16(21)19-17-18-14-8-7-13(26(2,22)23)9-15(14)25-17/h3-9H,1-2H3,(H,18,19,21). The van der Waals surface area contributed by atoms with Crippen LogP contribution >= 0.6 is 11.3 Å². The number of fused-ring (bicyclic) bond motifs is 1. The number of anilines is 1. The second-order valence-corrected chi connectivity index (χ2v) is 8.54. The van der Waals surface area contributed by atoms with E-state index in [4.69, 9.17) is 4.74 Å². The van der Waals surface area contributed by atoms with Crippen molar-refractivity contribution in [3.05, 3.63) is 48.0 Å². The Bertz CT molecular complexity index is 1100. The second-order valence-electron chi connectivity index (χ2n) is 5.49. The van der Waals surface area contributed by atoms with Gasteiger partial charge in [0.15, 0.2) is 15.0 Å². The molecule has 1 N–H and O–H groups in total. The summed E-state index contributed by atoms with van der Waals surface area (Å²) in [6, 6.07) is 10.7. The monoisotopic (exact) mass is 390 g/mol. The second kappa shape index (κ2) is 6.85. The molecule has 9 heteroatoms. The Hall–Kier alpha value is -2.78. The van der Waals surface area contributed by atoms with E-state index in [1.54, 1.807) is 6.07 Å². The van der Waals surface area contributed by atoms with E-state index < -0.39 is 15.8 Å². The van der Waals surface area contributed by atoms with Crippen LogP contribution < -0.4 is 10.1 Å². The molecule has 0 saturated heterocycles. The summed E-state index contributed by atoms with van der Waals surface area (Å²) in [5.41, 5.74) is 0.972. The van der Waals surface area contributed by atoms with Crippen molar-refractivity contribution < 1.29 is 22.7 Å². The zero-order chi connectivity index (χ0) is 18.9. The third-order valence-corrected chi connectivity index (χ3v) is 5.43. The number of nitrogens with zero attached hydrogens (tertiary/aromatic N) is 1. The molecule has 0 atom stereocenters. The van der Waals surface area contributed by atoms with E-state index in [1.807, 2.05) is 0 Å². The van der Waals surface area contributed by atoms with Gasteiger partial charge in [-0.25, -0.2) is 13.4 Å². The van der Waals surface area contributed by atoms with Gasteiger partial charge in [0.05, 0.1) is 15.1 Å². The van der Waals surface area contributed by atoms with Gasteiger partial charge in [0.1, 0.15) is 5.75 Å². The normalized spacial score (nSPS) is 11.3. The maximum absolute atomic E-state index is 12.3. The van der Waals surface area contributed by atoms with Crippen LogP contribution in [0.25, 0.3) is 10.2 Å². The first-order chi connectivity index (χ1) is 12.2. The number of hydrogen-bond acceptors (Lipinski definition) is 7. The van der Waals surface area contributed by atoms with Crippen LogP contribution in [0.4, 0.5) is 5.13 Å². The fraction of sp³-hybridized carbons (Fsp3) is 0.118. The van der Waals surface area contributed by atoms with Crippen LogP contribution in [0.1, 0.15) is 17.3 Å². The quantitative estimate of drug-likeness (QED) is 0.543. The third kappa shape index (κ3) is 4.06. The Balaban J connectivity index is 1.79. The number of ether oxygens (including phenoxy) is 1. The van der Waals surface area contributed by atoms with Crippen molar-refractivity contribution >= 4 is 48.4 Å². The molecule has 7 nitrogen and oxygen atoms in total. The van der Waals surface area contributed by atoms with Crippen molar-refractivity contribution in [3.8, 4) is 5.75 Å². The van der Waals surface area contributed by atoms with Gasteiger partial charge in [-0.2, -0.15) is 0 Å². The number of benzene rings is 2. The Morgan fingerprint density at radius 1 is 1.12 bits per heavy atom. The van der Waals surface area contributed by atoms with Crippen molar-refractivity contribution in [2.24, 2.45) is 0 Å². The van der Waals surface area contributed by atoms with Crippen molar-refractivity contribution in [2.45, 2.75) is 11.8 Å². The Morgan fingerprint density at radius 3 is 2.42 bits per heavy atom. The maximum atomic E-state index is 12.3. The highest BCUT2D eigenvalue weighted by molar-refractivity contribution is 7.90. The summed E-state index contributed by atoms with van der Waals surface area (Å²) in [5, 5.41) is 3.04. The lowest BCUT2D eigenvalue weighted by Crippen LogP contribution is -2.11. The van der Waals surface area contributed by atoms with E-state index >= 15 is 0 Å². The largest absolute Gasteiger partial charge is 0.427 e. The molecule has 26 heavy (non-hydrogen) atoms.